The highest BCUT2D eigenvalue weighted by Gasteiger charge is 2.30. The van der Waals surface area contributed by atoms with Crippen LogP contribution < -0.4 is 4.74 Å². The first-order chi connectivity index (χ1) is 18.5. The third-order valence-electron chi connectivity index (χ3n) is 5.06. The Morgan fingerprint density at radius 3 is 2.00 bits per heavy atom. The monoisotopic (exact) mass is 579 g/mol. The van der Waals surface area contributed by atoms with Crippen LogP contribution in [0.5, 0.6) is 11.6 Å². The summed E-state index contributed by atoms with van der Waals surface area (Å²) in [6.45, 7) is 3.92. The summed E-state index contributed by atoms with van der Waals surface area (Å²) in [4.78, 5) is 12.5. The van der Waals surface area contributed by atoms with Gasteiger partial charge in [-0.15, -0.1) is 12.6 Å². The van der Waals surface area contributed by atoms with E-state index >= 15 is 0 Å². The number of hydrogen-bond acceptors (Lipinski definition) is 7. The second-order valence-electron chi connectivity index (χ2n) is 8.06. The summed E-state index contributed by atoms with van der Waals surface area (Å²) in [5.41, 5.74) is 3.20. The van der Waals surface area contributed by atoms with Crippen LogP contribution in [0.1, 0.15) is 34.5 Å². The van der Waals surface area contributed by atoms with Crippen molar-refractivity contribution in [3.63, 3.8) is 0 Å². The Balaban J connectivity index is 0.000000404. The van der Waals surface area contributed by atoms with Gasteiger partial charge in [-0.1, -0.05) is 53.6 Å². The lowest BCUT2D eigenvalue weighted by Gasteiger charge is -2.09. The van der Waals surface area contributed by atoms with E-state index in [1.807, 2.05) is 31.2 Å². The fourth-order valence-corrected chi connectivity index (χ4v) is 3.32. The van der Waals surface area contributed by atoms with Gasteiger partial charge in [0.25, 0.3) is 0 Å². The van der Waals surface area contributed by atoms with Crippen LogP contribution in [0.25, 0.3) is 0 Å². The third kappa shape index (κ3) is 12.1. The summed E-state index contributed by atoms with van der Waals surface area (Å²) >= 11 is 6.19. The normalized spacial score (nSPS) is 10.4. The van der Waals surface area contributed by atoms with Gasteiger partial charge in [0.2, 0.25) is 5.88 Å². The Labute approximate surface area is 230 Å². The average Bonchev–Trinajstić information content (AvgIpc) is 2.88. The summed E-state index contributed by atoms with van der Waals surface area (Å²) in [5, 5.41) is 0.598. The fraction of sp³-hybridized carbons (Fsp3) is 0.222. The maximum atomic E-state index is 12.6. The molecule has 4 rings (SSSR count). The highest BCUT2D eigenvalue weighted by Crippen LogP contribution is 2.31. The predicted molar refractivity (Wildman–Crippen MR) is 140 cm³/mol. The maximum Gasteiger partial charge on any atom is 0.425 e. The van der Waals surface area contributed by atoms with E-state index in [2.05, 4.69) is 34.0 Å². The summed E-state index contributed by atoms with van der Waals surface area (Å²) in [5.74, 6) is 0.611. The van der Waals surface area contributed by atoms with Gasteiger partial charge in [0, 0.05) is 12.3 Å². The summed E-state index contributed by atoms with van der Waals surface area (Å²) in [6.07, 6.45) is 1.18. The molecule has 0 fully saturated rings. The van der Waals surface area contributed by atoms with Crippen molar-refractivity contribution >= 4 is 22.2 Å². The lowest BCUT2D eigenvalue weighted by atomic mass is 10.1. The second-order valence-corrected chi connectivity index (χ2v) is 8.85. The molecular weight excluding hydrogens is 555 g/mol. The van der Waals surface area contributed by atoms with Crippen LogP contribution in [-0.2, 0) is 29.6 Å². The zero-order valence-corrected chi connectivity index (χ0v) is 22.6. The van der Waals surface area contributed by atoms with Gasteiger partial charge >= 0.3 is 16.8 Å². The van der Waals surface area contributed by atoms with Crippen molar-refractivity contribution in [1.82, 2.24) is 15.0 Å². The van der Waals surface area contributed by atoms with Gasteiger partial charge in [-0.25, -0.2) is 15.0 Å². The molecule has 0 radical (unpaired) electrons. The molecule has 0 spiro atoms. The maximum absolute atomic E-state index is 12.6. The largest absolute Gasteiger partial charge is 0.439 e. The zero-order chi connectivity index (χ0) is 28.8. The molecule has 0 N–H and O–H groups in total. The number of halogens is 4. The van der Waals surface area contributed by atoms with Crippen LogP contribution in [0.4, 0.5) is 13.2 Å². The van der Waals surface area contributed by atoms with Crippen LogP contribution in [0.2, 0.25) is 5.02 Å². The van der Waals surface area contributed by atoms with Gasteiger partial charge in [0.15, 0.2) is 0 Å². The molecule has 2 aromatic carbocycles. The van der Waals surface area contributed by atoms with Crippen LogP contribution in [0, 0.1) is 13.8 Å². The first-order valence-corrected chi connectivity index (χ1v) is 12.9. The molecule has 0 aliphatic rings. The molecule has 0 saturated heterocycles. The van der Waals surface area contributed by atoms with E-state index in [0.29, 0.717) is 16.7 Å². The molecule has 0 amide bonds. The topological polar surface area (TPSA) is 99.1 Å². The molecule has 39 heavy (non-hydrogen) atoms. The Morgan fingerprint density at radius 2 is 1.49 bits per heavy atom. The van der Waals surface area contributed by atoms with Crippen molar-refractivity contribution in [3.8, 4) is 11.6 Å². The van der Waals surface area contributed by atoms with Gasteiger partial charge in [0.1, 0.15) is 12.1 Å². The smallest absolute Gasteiger partial charge is 0.425 e. The Bertz CT molecular complexity index is 1410. The Kier molecular flexibility index (Phi) is 12.5. The quantitative estimate of drug-likeness (QED) is 0.247. The predicted octanol–water partition coefficient (Wildman–Crippen LogP) is 6.81. The van der Waals surface area contributed by atoms with Crippen LogP contribution in [0.15, 0.2) is 79.3 Å². The van der Waals surface area contributed by atoms with E-state index in [1.54, 1.807) is 12.3 Å². The SMILES string of the molecule is Cc1ccccc1.Cc1ncnc(CCCc2ccc(Oc3ccc(C(F)(F)F)cc3)nc2)c1Cl.O=S(=O)=O. The van der Waals surface area contributed by atoms with Crippen LogP contribution in [-0.4, -0.2) is 27.6 Å². The minimum absolute atomic E-state index is 0.294. The van der Waals surface area contributed by atoms with Gasteiger partial charge in [-0.3, -0.25) is 0 Å². The fourth-order valence-electron chi connectivity index (χ4n) is 3.13. The van der Waals surface area contributed by atoms with Crippen molar-refractivity contribution in [2.75, 3.05) is 0 Å². The van der Waals surface area contributed by atoms with Crippen molar-refractivity contribution in [3.05, 3.63) is 112 Å². The Morgan fingerprint density at radius 1 is 0.846 bits per heavy atom. The molecule has 0 aliphatic carbocycles. The van der Waals surface area contributed by atoms with Crippen molar-refractivity contribution in [2.45, 2.75) is 39.3 Å². The van der Waals surface area contributed by atoms with E-state index in [4.69, 9.17) is 29.0 Å². The summed E-state index contributed by atoms with van der Waals surface area (Å²) < 4.78 is 68.6. The van der Waals surface area contributed by atoms with E-state index in [0.717, 1.165) is 48.3 Å². The van der Waals surface area contributed by atoms with E-state index in [-0.39, 0.29) is 0 Å². The molecular formula is C27H25ClF3N3O4S. The highest BCUT2D eigenvalue weighted by atomic mass is 35.5. The van der Waals surface area contributed by atoms with Gasteiger partial charge in [0.05, 0.1) is 22.0 Å². The van der Waals surface area contributed by atoms with Crippen molar-refractivity contribution in [1.29, 1.82) is 0 Å². The standard InChI is InChI=1S/C20H17ClF3N3O.C7H8.O3S/c1-13-19(21)17(27-12-26-13)4-2-3-14-5-10-18(25-11-14)28-16-8-6-15(7-9-16)20(22,23)24;1-7-5-3-2-4-6-7;1-4(2)3/h5-12H,2-4H2,1H3;2-6H,1H3;. The minimum atomic E-state index is -4.37. The van der Waals surface area contributed by atoms with E-state index < -0.39 is 22.3 Å². The minimum Gasteiger partial charge on any atom is -0.439 e. The number of ether oxygens (including phenoxy) is 1. The number of alkyl halides is 3. The van der Waals surface area contributed by atoms with Crippen LogP contribution in [0.3, 0.4) is 0 Å². The lowest BCUT2D eigenvalue weighted by Crippen LogP contribution is -2.04. The van der Waals surface area contributed by atoms with Gasteiger partial charge in [-0.2, -0.15) is 13.2 Å². The molecule has 2 heterocycles. The Hall–Kier alpha value is -3.83. The molecule has 0 bridgehead atoms. The van der Waals surface area contributed by atoms with Crippen LogP contribution >= 0.6 is 11.6 Å². The second kappa shape index (κ2) is 15.6. The number of pyridine rings is 1. The van der Waals surface area contributed by atoms with Crippen molar-refractivity contribution in [2.24, 2.45) is 0 Å². The van der Waals surface area contributed by atoms with Gasteiger partial charge < -0.3 is 4.74 Å². The highest BCUT2D eigenvalue weighted by molar-refractivity contribution is 7.59. The van der Waals surface area contributed by atoms with E-state index in [1.165, 1.54) is 24.0 Å². The number of hydrogen-bond donors (Lipinski definition) is 0. The molecule has 0 atom stereocenters. The number of rotatable bonds is 6. The number of nitrogens with zero attached hydrogens (tertiary/aromatic N) is 3. The number of aryl methyl sites for hydroxylation is 4. The zero-order valence-electron chi connectivity index (χ0n) is 21.0. The molecule has 12 heteroatoms. The summed E-state index contributed by atoms with van der Waals surface area (Å²) in [7, 11) is -3.11. The number of aromatic nitrogens is 3. The molecule has 0 aliphatic heterocycles. The molecule has 0 unspecified atom stereocenters. The number of benzene rings is 2. The molecule has 4 aromatic rings. The first-order valence-electron chi connectivity index (χ1n) is 11.5. The lowest BCUT2D eigenvalue weighted by molar-refractivity contribution is -0.137. The molecule has 2 aromatic heterocycles. The third-order valence-corrected chi connectivity index (χ3v) is 5.55. The molecule has 206 valence electrons. The average molecular weight is 580 g/mol. The van der Waals surface area contributed by atoms with Gasteiger partial charge in [-0.05, 0) is 62.9 Å². The molecule has 0 saturated carbocycles. The molecule has 7 nitrogen and oxygen atoms in total. The van der Waals surface area contributed by atoms with Crippen molar-refractivity contribution < 1.29 is 30.5 Å². The first kappa shape index (κ1) is 31.4. The van der Waals surface area contributed by atoms with E-state index in [9.17, 15) is 13.2 Å². The summed E-state index contributed by atoms with van der Waals surface area (Å²) in [6, 6.07) is 18.3.